The predicted octanol–water partition coefficient (Wildman–Crippen LogP) is 2.11. The zero-order valence-corrected chi connectivity index (χ0v) is 12.0. The molecule has 2 heterocycles. The molecule has 1 aromatic carbocycles. The van der Waals surface area contributed by atoms with Crippen LogP contribution in [0.15, 0.2) is 48.8 Å². The molecule has 0 saturated carbocycles. The highest BCUT2D eigenvalue weighted by Gasteiger charge is 2.37. The lowest BCUT2D eigenvalue weighted by Crippen LogP contribution is -2.30. The second-order valence-corrected chi connectivity index (χ2v) is 5.37. The zero-order chi connectivity index (χ0) is 15.5. The Bertz CT molecular complexity index is 683. The Morgan fingerprint density at radius 1 is 1.14 bits per heavy atom. The van der Waals surface area contributed by atoms with Gasteiger partial charge in [-0.3, -0.25) is 14.6 Å². The second-order valence-electron chi connectivity index (χ2n) is 5.37. The molecule has 5 nitrogen and oxygen atoms in total. The van der Waals surface area contributed by atoms with Crippen molar-refractivity contribution in [3.8, 4) is 0 Å². The van der Waals surface area contributed by atoms with Crippen molar-refractivity contribution < 1.29 is 14.7 Å². The van der Waals surface area contributed by atoms with Gasteiger partial charge in [-0.25, -0.2) is 0 Å². The second kappa shape index (κ2) is 5.97. The van der Waals surface area contributed by atoms with Crippen molar-refractivity contribution in [3.05, 3.63) is 59.9 Å². The fourth-order valence-electron chi connectivity index (χ4n) is 2.70. The van der Waals surface area contributed by atoms with Crippen molar-refractivity contribution in [2.45, 2.75) is 12.8 Å². The van der Waals surface area contributed by atoms with E-state index in [0.717, 1.165) is 17.7 Å². The molecule has 22 heavy (non-hydrogen) atoms. The van der Waals surface area contributed by atoms with Crippen LogP contribution < -0.4 is 4.90 Å². The molecule has 112 valence electrons. The van der Waals surface area contributed by atoms with Crippen LogP contribution in [0.5, 0.6) is 0 Å². The Morgan fingerprint density at radius 3 is 2.36 bits per heavy atom. The Kier molecular flexibility index (Phi) is 3.87. The fourth-order valence-corrected chi connectivity index (χ4v) is 2.70. The molecule has 1 fully saturated rings. The number of rotatable bonds is 4. The summed E-state index contributed by atoms with van der Waals surface area (Å²) >= 11 is 0. The third kappa shape index (κ3) is 2.83. The third-order valence-corrected chi connectivity index (χ3v) is 3.91. The molecule has 1 aromatic heterocycles. The van der Waals surface area contributed by atoms with Crippen LogP contribution in [0.4, 0.5) is 5.69 Å². The molecule has 1 aliphatic rings. The summed E-state index contributed by atoms with van der Waals surface area (Å²) in [6.07, 6.45) is 4.69. The van der Waals surface area contributed by atoms with Crippen LogP contribution in [-0.4, -0.2) is 28.5 Å². The van der Waals surface area contributed by atoms with E-state index in [4.69, 9.17) is 5.11 Å². The fraction of sp³-hybridized carbons (Fsp3) is 0.235. The Labute approximate surface area is 128 Å². The Hall–Kier alpha value is -2.69. The summed E-state index contributed by atoms with van der Waals surface area (Å²) in [6, 6.07) is 11.6. The van der Waals surface area contributed by atoms with Crippen LogP contribution >= 0.6 is 0 Å². The number of benzene rings is 1. The highest BCUT2D eigenvalue weighted by atomic mass is 16.4. The number of hydrogen-bond acceptors (Lipinski definition) is 3. The molecule has 5 heteroatoms. The maximum atomic E-state index is 12.1. The molecule has 1 saturated heterocycles. The van der Waals surface area contributed by atoms with Crippen LogP contribution in [0.3, 0.4) is 0 Å². The van der Waals surface area contributed by atoms with Crippen molar-refractivity contribution in [3.63, 3.8) is 0 Å². The molecule has 0 aliphatic carbocycles. The van der Waals surface area contributed by atoms with Gasteiger partial charge in [-0.15, -0.1) is 0 Å². The quantitative estimate of drug-likeness (QED) is 0.877. The normalized spacial score (nSPS) is 17.7. The summed E-state index contributed by atoms with van der Waals surface area (Å²) in [4.78, 5) is 28.6. The van der Waals surface area contributed by atoms with E-state index in [1.54, 1.807) is 17.3 Å². The molecular formula is C17H16N2O3. The van der Waals surface area contributed by atoms with Gasteiger partial charge < -0.3 is 10.0 Å². The first kappa shape index (κ1) is 14.3. The van der Waals surface area contributed by atoms with E-state index in [1.165, 1.54) is 5.56 Å². The number of aliphatic carboxylic acids is 1. The van der Waals surface area contributed by atoms with Gasteiger partial charge in [0, 0.05) is 24.6 Å². The molecule has 1 atom stereocenters. The van der Waals surface area contributed by atoms with Gasteiger partial charge in [0.1, 0.15) is 5.92 Å². The van der Waals surface area contributed by atoms with Gasteiger partial charge in [-0.05, 0) is 48.2 Å². The summed E-state index contributed by atoms with van der Waals surface area (Å²) in [5, 5.41) is 9.00. The molecule has 2 aromatic rings. The zero-order valence-electron chi connectivity index (χ0n) is 12.0. The molecule has 1 amide bonds. The van der Waals surface area contributed by atoms with Gasteiger partial charge in [0.15, 0.2) is 0 Å². The lowest BCUT2D eigenvalue weighted by molar-refractivity contribution is -0.144. The average molecular weight is 296 g/mol. The molecule has 1 N–H and O–H groups in total. The maximum Gasteiger partial charge on any atom is 0.316 e. The number of carboxylic acid groups (broad SMARTS) is 1. The topological polar surface area (TPSA) is 70.5 Å². The van der Waals surface area contributed by atoms with Gasteiger partial charge in [-0.1, -0.05) is 12.1 Å². The summed E-state index contributed by atoms with van der Waals surface area (Å²) in [5.74, 6) is -2.27. The predicted molar refractivity (Wildman–Crippen MR) is 81.6 cm³/mol. The first-order valence-electron chi connectivity index (χ1n) is 7.17. The van der Waals surface area contributed by atoms with Gasteiger partial charge in [0.25, 0.3) is 0 Å². The minimum Gasteiger partial charge on any atom is -0.481 e. The molecule has 1 aliphatic heterocycles. The number of carbonyl (C=O) groups is 2. The van der Waals surface area contributed by atoms with E-state index in [-0.39, 0.29) is 5.91 Å². The number of carbonyl (C=O) groups excluding carboxylic acids is 1. The Morgan fingerprint density at radius 2 is 1.77 bits per heavy atom. The number of amides is 1. The van der Waals surface area contributed by atoms with Gasteiger partial charge in [0.05, 0.1) is 0 Å². The van der Waals surface area contributed by atoms with Gasteiger partial charge in [-0.2, -0.15) is 0 Å². The van der Waals surface area contributed by atoms with Crippen molar-refractivity contribution in [2.24, 2.45) is 5.92 Å². The van der Waals surface area contributed by atoms with Crippen LogP contribution in [0.25, 0.3) is 0 Å². The molecule has 1 unspecified atom stereocenters. The third-order valence-electron chi connectivity index (χ3n) is 3.91. The van der Waals surface area contributed by atoms with Gasteiger partial charge >= 0.3 is 5.97 Å². The standard InChI is InChI=1S/C17H16N2O3/c20-16-15(17(21)22)7-10-19(16)14-3-1-12(2-4-14)11-13-5-8-18-9-6-13/h1-6,8-9,15H,7,10-11H2,(H,21,22). The van der Waals surface area contributed by atoms with E-state index in [1.807, 2.05) is 36.4 Å². The van der Waals surface area contributed by atoms with Crippen LogP contribution in [0.1, 0.15) is 17.5 Å². The van der Waals surface area contributed by atoms with E-state index >= 15 is 0 Å². The Balaban J connectivity index is 1.72. The highest BCUT2D eigenvalue weighted by molar-refractivity contribution is 6.07. The van der Waals surface area contributed by atoms with Crippen molar-refractivity contribution >= 4 is 17.6 Å². The highest BCUT2D eigenvalue weighted by Crippen LogP contribution is 2.26. The summed E-state index contributed by atoms with van der Waals surface area (Å²) in [7, 11) is 0. The van der Waals surface area contributed by atoms with Crippen LogP contribution in [0, 0.1) is 5.92 Å². The molecule has 3 rings (SSSR count). The first-order chi connectivity index (χ1) is 10.6. The van der Waals surface area contributed by atoms with Crippen LogP contribution in [-0.2, 0) is 16.0 Å². The van der Waals surface area contributed by atoms with Crippen molar-refractivity contribution in [1.29, 1.82) is 0 Å². The van der Waals surface area contributed by atoms with E-state index < -0.39 is 11.9 Å². The minimum absolute atomic E-state index is 0.325. The average Bonchev–Trinajstić information content (AvgIpc) is 2.91. The number of hydrogen-bond donors (Lipinski definition) is 1. The molecule has 0 spiro atoms. The minimum atomic E-state index is -1.04. The summed E-state index contributed by atoms with van der Waals surface area (Å²) < 4.78 is 0. The molecule has 0 radical (unpaired) electrons. The monoisotopic (exact) mass is 296 g/mol. The number of aromatic nitrogens is 1. The lowest BCUT2D eigenvalue weighted by Gasteiger charge is -2.16. The number of anilines is 1. The van der Waals surface area contributed by atoms with Crippen molar-refractivity contribution in [2.75, 3.05) is 11.4 Å². The van der Waals surface area contributed by atoms with Crippen molar-refractivity contribution in [1.82, 2.24) is 4.98 Å². The number of pyridine rings is 1. The van der Waals surface area contributed by atoms with Gasteiger partial charge in [0.2, 0.25) is 5.91 Å². The molecule has 0 bridgehead atoms. The number of carboxylic acids is 1. The summed E-state index contributed by atoms with van der Waals surface area (Å²) in [6.45, 7) is 0.458. The number of nitrogens with zero attached hydrogens (tertiary/aromatic N) is 2. The molecular weight excluding hydrogens is 280 g/mol. The SMILES string of the molecule is O=C(O)C1CCN(c2ccc(Cc3ccncc3)cc2)C1=O. The largest absolute Gasteiger partial charge is 0.481 e. The van der Waals surface area contributed by atoms with Crippen LogP contribution in [0.2, 0.25) is 0 Å². The lowest BCUT2D eigenvalue weighted by atomic mass is 10.1. The van der Waals surface area contributed by atoms with E-state index in [9.17, 15) is 9.59 Å². The smallest absolute Gasteiger partial charge is 0.316 e. The summed E-state index contributed by atoms with van der Waals surface area (Å²) in [5.41, 5.74) is 3.06. The van der Waals surface area contributed by atoms with E-state index in [0.29, 0.717) is 13.0 Å². The maximum absolute atomic E-state index is 12.1. The first-order valence-corrected chi connectivity index (χ1v) is 7.17. The van der Waals surface area contributed by atoms with E-state index in [2.05, 4.69) is 4.98 Å².